The van der Waals surface area contributed by atoms with Crippen LogP contribution in [0.15, 0.2) is 29.1 Å². The molecule has 1 heterocycles. The number of rotatable bonds is 2. The van der Waals surface area contributed by atoms with E-state index in [9.17, 15) is 4.79 Å². The van der Waals surface area contributed by atoms with Gasteiger partial charge in [-0.1, -0.05) is 13.0 Å². The molecule has 0 saturated heterocycles. The van der Waals surface area contributed by atoms with Crippen molar-refractivity contribution in [2.75, 3.05) is 6.54 Å². The summed E-state index contributed by atoms with van der Waals surface area (Å²) in [6, 6.07) is 7.71. The molecule has 0 fully saturated rings. The number of aryl methyl sites for hydroxylation is 1. The van der Waals surface area contributed by atoms with Gasteiger partial charge >= 0.3 is 0 Å². The maximum absolute atomic E-state index is 11.3. The van der Waals surface area contributed by atoms with E-state index >= 15 is 0 Å². The first kappa shape index (κ1) is 10.9. The molecule has 2 aromatic rings. The van der Waals surface area contributed by atoms with Crippen molar-refractivity contribution < 1.29 is 0 Å². The van der Waals surface area contributed by atoms with Crippen molar-refractivity contribution >= 4 is 10.9 Å². The Morgan fingerprint density at radius 2 is 2.12 bits per heavy atom. The lowest BCUT2D eigenvalue weighted by Gasteiger charge is -2.10. The highest BCUT2D eigenvalue weighted by molar-refractivity contribution is 5.82. The monoisotopic (exact) mass is 216 g/mol. The zero-order valence-corrected chi connectivity index (χ0v) is 9.58. The number of nitrogens with one attached hydrogen (secondary N) is 1. The summed E-state index contributed by atoms with van der Waals surface area (Å²) >= 11 is 0. The SMILES string of the molecule is Cc1cc(=O)[nH]c2ccc(C(C)CN)cc12. The van der Waals surface area contributed by atoms with Crippen LogP contribution in [0.3, 0.4) is 0 Å². The van der Waals surface area contributed by atoms with Crippen LogP contribution < -0.4 is 11.3 Å². The Balaban J connectivity index is 2.66. The summed E-state index contributed by atoms with van der Waals surface area (Å²) < 4.78 is 0. The van der Waals surface area contributed by atoms with E-state index in [0.717, 1.165) is 16.5 Å². The predicted molar refractivity (Wildman–Crippen MR) is 66.8 cm³/mol. The molecule has 84 valence electrons. The van der Waals surface area contributed by atoms with Crippen molar-refractivity contribution in [1.82, 2.24) is 4.98 Å². The highest BCUT2D eigenvalue weighted by Crippen LogP contribution is 2.21. The molecule has 3 N–H and O–H groups in total. The number of hydrogen-bond acceptors (Lipinski definition) is 2. The van der Waals surface area contributed by atoms with Gasteiger partial charge in [-0.05, 0) is 42.6 Å². The average Bonchev–Trinajstić information content (AvgIpc) is 2.27. The maximum atomic E-state index is 11.3. The van der Waals surface area contributed by atoms with Gasteiger partial charge in [-0.25, -0.2) is 0 Å². The summed E-state index contributed by atoms with van der Waals surface area (Å²) in [4.78, 5) is 14.1. The van der Waals surface area contributed by atoms with Crippen molar-refractivity contribution in [2.45, 2.75) is 19.8 Å². The van der Waals surface area contributed by atoms with Gasteiger partial charge in [0, 0.05) is 17.0 Å². The second kappa shape index (κ2) is 4.10. The lowest BCUT2D eigenvalue weighted by Crippen LogP contribution is -2.09. The minimum absolute atomic E-state index is 0.0513. The summed E-state index contributed by atoms with van der Waals surface area (Å²) in [5, 5.41) is 1.09. The minimum atomic E-state index is -0.0513. The van der Waals surface area contributed by atoms with E-state index in [0.29, 0.717) is 12.5 Å². The largest absolute Gasteiger partial charge is 0.330 e. The molecule has 3 heteroatoms. The van der Waals surface area contributed by atoms with Gasteiger partial charge in [0.1, 0.15) is 0 Å². The van der Waals surface area contributed by atoms with E-state index < -0.39 is 0 Å². The Labute approximate surface area is 94.3 Å². The van der Waals surface area contributed by atoms with Crippen molar-refractivity contribution in [1.29, 1.82) is 0 Å². The molecule has 0 amide bonds. The Hall–Kier alpha value is -1.61. The molecule has 0 aliphatic carbocycles. The smallest absolute Gasteiger partial charge is 0.248 e. The fourth-order valence-electron chi connectivity index (χ4n) is 1.88. The summed E-state index contributed by atoms with van der Waals surface area (Å²) in [6.45, 7) is 4.69. The van der Waals surface area contributed by atoms with Crippen LogP contribution in [-0.2, 0) is 0 Å². The molecule has 3 nitrogen and oxygen atoms in total. The zero-order chi connectivity index (χ0) is 11.7. The van der Waals surface area contributed by atoms with Gasteiger partial charge in [-0.3, -0.25) is 4.79 Å². The van der Waals surface area contributed by atoms with Crippen LogP contribution in [0.2, 0.25) is 0 Å². The Bertz CT molecular complexity index is 572. The van der Waals surface area contributed by atoms with Gasteiger partial charge in [-0.15, -0.1) is 0 Å². The van der Waals surface area contributed by atoms with Crippen LogP contribution in [-0.4, -0.2) is 11.5 Å². The third-order valence-electron chi connectivity index (χ3n) is 3.00. The fraction of sp³-hybridized carbons (Fsp3) is 0.308. The van der Waals surface area contributed by atoms with Crippen LogP contribution in [0.1, 0.15) is 24.0 Å². The summed E-state index contributed by atoms with van der Waals surface area (Å²) in [7, 11) is 0. The molecule has 2 rings (SSSR count). The molecular weight excluding hydrogens is 200 g/mol. The normalized spacial score (nSPS) is 12.9. The lowest BCUT2D eigenvalue weighted by atomic mass is 9.98. The Morgan fingerprint density at radius 3 is 2.81 bits per heavy atom. The molecule has 1 aromatic carbocycles. The van der Waals surface area contributed by atoms with E-state index in [1.807, 2.05) is 19.1 Å². The van der Waals surface area contributed by atoms with E-state index in [4.69, 9.17) is 5.73 Å². The standard InChI is InChI=1S/C13H16N2O/c1-8-5-13(16)15-12-4-3-10(6-11(8)12)9(2)7-14/h3-6,9H,7,14H2,1-2H3,(H,15,16). The molecule has 1 unspecified atom stereocenters. The Morgan fingerprint density at radius 1 is 1.38 bits per heavy atom. The third-order valence-corrected chi connectivity index (χ3v) is 3.00. The molecule has 0 aliphatic rings. The number of hydrogen-bond donors (Lipinski definition) is 2. The third kappa shape index (κ3) is 1.86. The number of aromatic nitrogens is 1. The van der Waals surface area contributed by atoms with Crippen LogP contribution in [0.4, 0.5) is 0 Å². The summed E-state index contributed by atoms with van der Waals surface area (Å²) in [5.41, 5.74) is 8.71. The lowest BCUT2D eigenvalue weighted by molar-refractivity contribution is 0.775. The minimum Gasteiger partial charge on any atom is -0.330 e. The van der Waals surface area contributed by atoms with Crippen LogP contribution >= 0.6 is 0 Å². The number of pyridine rings is 1. The molecule has 0 aliphatic heterocycles. The number of aromatic amines is 1. The zero-order valence-electron chi connectivity index (χ0n) is 9.58. The molecule has 0 bridgehead atoms. The summed E-state index contributed by atoms with van der Waals surface area (Å²) in [5.74, 6) is 0.343. The maximum Gasteiger partial charge on any atom is 0.248 e. The van der Waals surface area contributed by atoms with E-state index in [1.165, 1.54) is 5.56 Å². The topological polar surface area (TPSA) is 58.9 Å². The number of benzene rings is 1. The van der Waals surface area contributed by atoms with Gasteiger partial charge < -0.3 is 10.7 Å². The molecule has 1 atom stereocenters. The average molecular weight is 216 g/mol. The van der Waals surface area contributed by atoms with E-state index in [1.54, 1.807) is 6.07 Å². The van der Waals surface area contributed by atoms with Gasteiger partial charge in [0.2, 0.25) is 5.56 Å². The van der Waals surface area contributed by atoms with Crippen molar-refractivity contribution in [3.8, 4) is 0 Å². The van der Waals surface area contributed by atoms with Crippen molar-refractivity contribution in [3.63, 3.8) is 0 Å². The van der Waals surface area contributed by atoms with Gasteiger partial charge in [-0.2, -0.15) is 0 Å². The second-order valence-corrected chi connectivity index (χ2v) is 4.26. The van der Waals surface area contributed by atoms with Crippen molar-refractivity contribution in [2.24, 2.45) is 5.73 Å². The van der Waals surface area contributed by atoms with Crippen LogP contribution in [0, 0.1) is 6.92 Å². The predicted octanol–water partition coefficient (Wildman–Crippen LogP) is 1.90. The van der Waals surface area contributed by atoms with E-state index in [-0.39, 0.29) is 5.56 Å². The fourth-order valence-corrected chi connectivity index (χ4v) is 1.88. The quantitative estimate of drug-likeness (QED) is 0.805. The first-order valence-electron chi connectivity index (χ1n) is 5.45. The van der Waals surface area contributed by atoms with Gasteiger partial charge in [0.05, 0.1) is 0 Å². The van der Waals surface area contributed by atoms with Gasteiger partial charge in [0.25, 0.3) is 0 Å². The van der Waals surface area contributed by atoms with E-state index in [2.05, 4.69) is 18.0 Å². The molecule has 1 aromatic heterocycles. The number of nitrogens with two attached hydrogens (primary N) is 1. The van der Waals surface area contributed by atoms with Crippen molar-refractivity contribution in [3.05, 3.63) is 45.7 Å². The Kier molecular flexibility index (Phi) is 2.79. The molecule has 0 saturated carbocycles. The summed E-state index contributed by atoms with van der Waals surface area (Å²) in [6.07, 6.45) is 0. The second-order valence-electron chi connectivity index (χ2n) is 4.26. The molecular formula is C13H16N2O. The number of H-pyrrole nitrogens is 1. The highest BCUT2D eigenvalue weighted by atomic mass is 16.1. The molecule has 0 radical (unpaired) electrons. The highest BCUT2D eigenvalue weighted by Gasteiger charge is 2.06. The first-order chi connectivity index (χ1) is 7.61. The van der Waals surface area contributed by atoms with Crippen LogP contribution in [0.25, 0.3) is 10.9 Å². The first-order valence-corrected chi connectivity index (χ1v) is 5.45. The molecule has 0 spiro atoms. The molecule has 16 heavy (non-hydrogen) atoms. The number of fused-ring (bicyclic) bond motifs is 1. The van der Waals surface area contributed by atoms with Gasteiger partial charge in [0.15, 0.2) is 0 Å². The van der Waals surface area contributed by atoms with Crippen LogP contribution in [0.5, 0.6) is 0 Å².